The molecule has 0 bridgehead atoms. The zero-order valence-corrected chi connectivity index (χ0v) is 25.4. The Morgan fingerprint density at radius 1 is 1.26 bits per heavy atom. The summed E-state index contributed by atoms with van der Waals surface area (Å²) in [5.74, 6) is -1.69. The van der Waals surface area contributed by atoms with Crippen molar-refractivity contribution in [2.75, 3.05) is 18.9 Å². The lowest BCUT2D eigenvalue weighted by Gasteiger charge is -2.40. The summed E-state index contributed by atoms with van der Waals surface area (Å²) in [5.41, 5.74) is 5.65. The summed E-state index contributed by atoms with van der Waals surface area (Å²) in [6, 6.07) is 0. The third-order valence-electron chi connectivity index (χ3n) is 8.69. The number of carbonyl (C=O) groups excluding carboxylic acids is 2. The molecular weight excluding hydrogens is 518 g/mol. The Labute approximate surface area is 237 Å². The van der Waals surface area contributed by atoms with Gasteiger partial charge < -0.3 is 31.1 Å². The fraction of sp³-hybridized carbons (Fsp3) is 0.759. The van der Waals surface area contributed by atoms with Crippen LogP contribution in [-0.2, 0) is 14.3 Å². The maximum Gasteiger partial charge on any atom is 0.309 e. The van der Waals surface area contributed by atoms with Crippen LogP contribution >= 0.6 is 11.3 Å². The lowest BCUT2D eigenvalue weighted by molar-refractivity contribution is -0.155. The first kappa shape index (κ1) is 33.4. The van der Waals surface area contributed by atoms with Crippen LogP contribution in [0.3, 0.4) is 0 Å². The molecule has 1 saturated heterocycles. The minimum atomic E-state index is -1.27. The van der Waals surface area contributed by atoms with Crippen LogP contribution in [0.25, 0.3) is 6.08 Å². The number of nitrogen functional groups attached to an aromatic ring is 1. The first-order chi connectivity index (χ1) is 18.1. The number of aromatic nitrogens is 1. The zero-order valence-electron chi connectivity index (χ0n) is 24.6. The number of thiazole rings is 1. The lowest BCUT2D eigenvalue weighted by atomic mass is 9.72. The number of β-amino-alcohol motifs (C(OH)–C–C–N with tert-alkyl or cyclic N) is 1. The van der Waals surface area contributed by atoms with Gasteiger partial charge in [-0.3, -0.25) is 9.59 Å². The zero-order chi connectivity index (χ0) is 29.5. The number of esters is 1. The Morgan fingerprint density at radius 3 is 2.51 bits per heavy atom. The van der Waals surface area contributed by atoms with E-state index in [1.165, 1.54) is 11.3 Å². The standard InChI is InChI=1S/C29H49N3O6S/c1-17-9-8-10-29(7,31-11-12-33)19(3)14-22(18(2)13-21-16-39-27(30)32-21)38-24(35)15-23(34)28(5,6)26(37)20(4)25(17)36/h13,16-17,19-20,22-23,25,31,33-34,36H,8-12,14-15H2,1-7H3,(H2,30,32)/b18-13+/t17-,19-,20+,22-,23-,25-,29+/m0/s1. The van der Waals surface area contributed by atoms with E-state index in [1.807, 2.05) is 25.3 Å². The minimum Gasteiger partial charge on any atom is -0.458 e. The smallest absolute Gasteiger partial charge is 0.309 e. The molecular formula is C29H49N3O6S. The van der Waals surface area contributed by atoms with E-state index in [9.17, 15) is 24.9 Å². The topological polar surface area (TPSA) is 155 Å². The first-order valence-corrected chi connectivity index (χ1v) is 14.8. The average molecular weight is 568 g/mol. The number of nitrogens with one attached hydrogen (secondary N) is 1. The fourth-order valence-electron chi connectivity index (χ4n) is 5.43. The molecule has 39 heavy (non-hydrogen) atoms. The number of cyclic esters (lactones) is 1. The molecule has 1 aliphatic heterocycles. The largest absolute Gasteiger partial charge is 0.458 e. The number of hydrogen-bond acceptors (Lipinski definition) is 10. The molecule has 0 spiro atoms. The Kier molecular flexibility index (Phi) is 12.1. The molecule has 1 fully saturated rings. The number of ether oxygens (including phenoxy) is 1. The molecule has 2 heterocycles. The van der Waals surface area contributed by atoms with Crippen LogP contribution in [0.2, 0.25) is 0 Å². The van der Waals surface area contributed by atoms with Crippen LogP contribution in [-0.4, -0.2) is 69.1 Å². The van der Waals surface area contributed by atoms with Gasteiger partial charge in [0.15, 0.2) is 5.13 Å². The van der Waals surface area contributed by atoms with Gasteiger partial charge in [-0.15, -0.1) is 11.3 Å². The van der Waals surface area contributed by atoms with Crippen LogP contribution in [0.4, 0.5) is 5.13 Å². The van der Waals surface area contributed by atoms with Crippen molar-refractivity contribution in [2.24, 2.45) is 23.2 Å². The maximum atomic E-state index is 13.3. The van der Waals surface area contributed by atoms with E-state index < -0.39 is 35.6 Å². The number of rotatable bonds is 5. The van der Waals surface area contributed by atoms with Gasteiger partial charge in [-0.2, -0.15) is 0 Å². The number of hydrogen-bond donors (Lipinski definition) is 5. The molecule has 0 aliphatic carbocycles. The van der Waals surface area contributed by atoms with Gasteiger partial charge in [0.05, 0.1) is 36.3 Å². The second-order valence-corrected chi connectivity index (χ2v) is 13.0. The summed E-state index contributed by atoms with van der Waals surface area (Å²) >= 11 is 1.33. The molecule has 6 N–H and O–H groups in total. The summed E-state index contributed by atoms with van der Waals surface area (Å²) in [4.78, 5) is 30.8. The van der Waals surface area contributed by atoms with Gasteiger partial charge in [-0.1, -0.05) is 41.0 Å². The van der Waals surface area contributed by atoms with Crippen LogP contribution in [0.1, 0.15) is 86.3 Å². The van der Waals surface area contributed by atoms with Crippen LogP contribution in [0.15, 0.2) is 11.0 Å². The van der Waals surface area contributed by atoms with E-state index in [-0.39, 0.29) is 36.2 Å². The molecule has 0 saturated carbocycles. The molecule has 10 heteroatoms. The van der Waals surface area contributed by atoms with Crippen molar-refractivity contribution in [3.8, 4) is 0 Å². The maximum absolute atomic E-state index is 13.3. The summed E-state index contributed by atoms with van der Waals surface area (Å²) < 4.78 is 5.96. The van der Waals surface area contributed by atoms with Crippen molar-refractivity contribution in [3.63, 3.8) is 0 Å². The predicted octanol–water partition coefficient (Wildman–Crippen LogP) is 3.57. The molecule has 0 unspecified atom stereocenters. The van der Waals surface area contributed by atoms with Gasteiger partial charge in [0, 0.05) is 23.4 Å². The minimum absolute atomic E-state index is 0.00663. The molecule has 0 radical (unpaired) electrons. The normalized spacial score (nSPS) is 34.1. The molecule has 0 amide bonds. The SMILES string of the molecule is C/C(=C\c1csc(N)n1)[C@@H]1C[C@H](C)[C@](C)(NCCO)CCC[C@H](C)[C@H](O)[C@@H](C)C(=O)C(C)(C)[C@@H](O)CC(=O)O1. The van der Waals surface area contributed by atoms with E-state index in [0.29, 0.717) is 30.2 Å². The average Bonchev–Trinajstić information content (AvgIpc) is 3.28. The van der Waals surface area contributed by atoms with Crippen molar-refractivity contribution < 1.29 is 29.6 Å². The number of aliphatic hydroxyl groups excluding tert-OH is 3. The molecule has 1 aromatic rings. The molecule has 1 aliphatic rings. The van der Waals surface area contributed by atoms with Crippen molar-refractivity contribution >= 4 is 34.3 Å². The number of anilines is 1. The Morgan fingerprint density at radius 2 is 1.92 bits per heavy atom. The lowest BCUT2D eigenvalue weighted by Crippen LogP contribution is -2.50. The molecule has 222 valence electrons. The van der Waals surface area contributed by atoms with Crippen LogP contribution < -0.4 is 11.1 Å². The highest BCUT2D eigenvalue weighted by Crippen LogP contribution is 2.35. The fourth-order valence-corrected chi connectivity index (χ4v) is 5.95. The quantitative estimate of drug-likeness (QED) is 0.336. The number of aliphatic hydroxyl groups is 3. The highest BCUT2D eigenvalue weighted by Gasteiger charge is 2.43. The van der Waals surface area contributed by atoms with E-state index in [2.05, 4.69) is 24.1 Å². The van der Waals surface area contributed by atoms with E-state index in [4.69, 9.17) is 10.5 Å². The van der Waals surface area contributed by atoms with E-state index in [1.54, 1.807) is 20.8 Å². The molecule has 2 rings (SSSR count). The van der Waals surface area contributed by atoms with E-state index >= 15 is 0 Å². The van der Waals surface area contributed by atoms with Gasteiger partial charge >= 0.3 is 5.97 Å². The van der Waals surface area contributed by atoms with Crippen molar-refractivity contribution in [3.05, 3.63) is 16.6 Å². The number of nitrogens with two attached hydrogens (primary N) is 1. The third-order valence-corrected chi connectivity index (χ3v) is 9.38. The molecule has 7 atom stereocenters. The van der Waals surface area contributed by atoms with Crippen LogP contribution in [0.5, 0.6) is 0 Å². The second-order valence-electron chi connectivity index (χ2n) is 12.1. The molecule has 9 nitrogen and oxygen atoms in total. The third kappa shape index (κ3) is 8.82. The number of Topliss-reactive ketones (excluding diaryl/α,β-unsaturated/α-hetero) is 1. The summed E-state index contributed by atoms with van der Waals surface area (Å²) in [6.07, 6.45) is 1.55. The summed E-state index contributed by atoms with van der Waals surface area (Å²) in [7, 11) is 0. The van der Waals surface area contributed by atoms with Gasteiger partial charge in [0.25, 0.3) is 0 Å². The summed E-state index contributed by atoms with van der Waals surface area (Å²) in [5, 5.41) is 37.3. The van der Waals surface area contributed by atoms with Crippen molar-refractivity contribution in [2.45, 2.75) is 104 Å². The van der Waals surface area contributed by atoms with Gasteiger partial charge in [0.1, 0.15) is 11.9 Å². The number of ketones is 1. The Hall–Kier alpha value is -1.85. The van der Waals surface area contributed by atoms with Gasteiger partial charge in [-0.05, 0) is 56.6 Å². The van der Waals surface area contributed by atoms with Crippen molar-refractivity contribution in [1.29, 1.82) is 0 Å². The Balaban J connectivity index is 2.46. The van der Waals surface area contributed by atoms with E-state index in [0.717, 1.165) is 18.4 Å². The first-order valence-electron chi connectivity index (χ1n) is 14.0. The highest BCUT2D eigenvalue weighted by atomic mass is 32.1. The molecule has 0 aromatic carbocycles. The predicted molar refractivity (Wildman–Crippen MR) is 155 cm³/mol. The number of carbonyl (C=O) groups is 2. The monoisotopic (exact) mass is 567 g/mol. The highest BCUT2D eigenvalue weighted by molar-refractivity contribution is 7.13. The molecule has 1 aromatic heterocycles. The van der Waals surface area contributed by atoms with Crippen LogP contribution in [0, 0.1) is 23.2 Å². The van der Waals surface area contributed by atoms with Crippen molar-refractivity contribution in [1.82, 2.24) is 10.3 Å². The Bertz CT molecular complexity index is 995. The summed E-state index contributed by atoms with van der Waals surface area (Å²) in [6.45, 7) is 13.3. The van der Waals surface area contributed by atoms with Gasteiger partial charge in [0.2, 0.25) is 0 Å². The van der Waals surface area contributed by atoms with Gasteiger partial charge in [-0.25, -0.2) is 4.98 Å². The number of nitrogens with zero attached hydrogens (tertiary/aromatic N) is 1. The second kappa shape index (κ2) is 14.2.